The van der Waals surface area contributed by atoms with Gasteiger partial charge >= 0.3 is 0 Å². The number of hydrogen-bond acceptors (Lipinski definition) is 3. The van der Waals surface area contributed by atoms with E-state index in [1.54, 1.807) is 13.1 Å². The summed E-state index contributed by atoms with van der Waals surface area (Å²) in [6, 6.07) is 0. The van der Waals surface area contributed by atoms with Crippen LogP contribution in [-0.2, 0) is 4.12 Å². The summed E-state index contributed by atoms with van der Waals surface area (Å²) < 4.78 is 5.23. The molecular formula is C10H32O4Si4. The Balaban J connectivity index is -0.0000000292. The van der Waals surface area contributed by atoms with Crippen molar-refractivity contribution < 1.29 is 19.2 Å². The lowest BCUT2D eigenvalue weighted by Crippen LogP contribution is -2.08. The van der Waals surface area contributed by atoms with Crippen LogP contribution in [0.2, 0.25) is 26.2 Å². The largest absolute Gasteiger partial charge is 0.580 e. The third-order valence-electron chi connectivity index (χ3n) is 0.348. The van der Waals surface area contributed by atoms with E-state index in [1.807, 2.05) is 13.1 Å². The van der Waals surface area contributed by atoms with E-state index in [0.29, 0.717) is 0 Å². The Kier molecular flexibility index (Phi) is 51.1. The predicted molar refractivity (Wildman–Crippen MR) is 97.6 cm³/mol. The molecule has 0 aliphatic heterocycles. The average Bonchev–Trinajstić information content (AvgIpc) is 1.78. The molecule has 0 aliphatic rings. The average molecular weight is 329 g/mol. The van der Waals surface area contributed by atoms with Crippen LogP contribution in [-0.4, -0.2) is 74.4 Å². The summed E-state index contributed by atoms with van der Waals surface area (Å²) in [5.74, 6) is 0. The van der Waals surface area contributed by atoms with Crippen molar-refractivity contribution in [3.63, 3.8) is 0 Å². The van der Waals surface area contributed by atoms with Gasteiger partial charge in [0.05, 0.1) is 0 Å². The molecule has 0 aliphatic carbocycles. The molecular weight excluding hydrogens is 296 g/mol. The zero-order chi connectivity index (χ0) is 13.0. The van der Waals surface area contributed by atoms with Crippen molar-refractivity contribution in [3.8, 4) is 0 Å². The Labute approximate surface area is 120 Å². The molecule has 0 aromatic rings. The number of hydrogen-bond donors (Lipinski definition) is 2. The van der Waals surface area contributed by atoms with Crippen molar-refractivity contribution in [1.82, 2.24) is 0 Å². The zero-order valence-corrected chi connectivity index (χ0v) is 14.6. The van der Waals surface area contributed by atoms with Gasteiger partial charge in [0.15, 0.2) is 0 Å². The van der Waals surface area contributed by atoms with Gasteiger partial charge in [-0.1, -0.05) is 39.6 Å². The second-order valence-electron chi connectivity index (χ2n) is 2.98. The zero-order valence-electron chi connectivity index (χ0n) is 10.6. The summed E-state index contributed by atoms with van der Waals surface area (Å²) in [7, 11) is -3.66. The smallest absolute Gasteiger partial charge is 0.217 e. The lowest BCUT2D eigenvalue weighted by atomic mass is 11.9. The van der Waals surface area contributed by atoms with E-state index >= 15 is 0 Å². The second kappa shape index (κ2) is 25.5. The Bertz CT molecular complexity index is 210. The van der Waals surface area contributed by atoms with Crippen molar-refractivity contribution >= 4 is 59.3 Å². The van der Waals surface area contributed by atoms with Crippen molar-refractivity contribution in [3.05, 3.63) is 0 Å². The van der Waals surface area contributed by atoms with Gasteiger partial charge in [-0.05, 0) is 26.2 Å². The summed E-state index contributed by atoms with van der Waals surface area (Å²) in [6.45, 7) is 7.46. The maximum atomic E-state index is 8.05. The molecule has 0 amide bonds. The van der Waals surface area contributed by atoms with Gasteiger partial charge in [-0.15, -0.1) is 0 Å². The van der Waals surface area contributed by atoms with Crippen LogP contribution in [0.25, 0.3) is 0 Å². The molecule has 0 radical (unpaired) electrons. The molecule has 4 nitrogen and oxygen atoms in total. The summed E-state index contributed by atoms with van der Waals surface area (Å²) >= 11 is 0. The highest BCUT2D eigenvalue weighted by atomic mass is 28.3. The summed E-state index contributed by atoms with van der Waals surface area (Å²) in [5, 5.41) is 0. The normalized spacial score (nSPS) is 5.78. The molecule has 0 saturated carbocycles. The van der Waals surface area contributed by atoms with Crippen LogP contribution in [0.1, 0.15) is 14.9 Å². The molecule has 0 unspecified atom stereocenters. The molecule has 0 fully saturated rings. The number of rotatable bonds is 2. The second-order valence-corrected chi connectivity index (χ2v) is 9.54. The van der Waals surface area contributed by atoms with Gasteiger partial charge in [0.2, 0.25) is 34.6 Å². The van der Waals surface area contributed by atoms with Crippen molar-refractivity contribution in [2.75, 3.05) is 0 Å². The maximum Gasteiger partial charge on any atom is 0.217 e. The van der Waals surface area contributed by atoms with Gasteiger partial charge < -0.3 is 19.2 Å². The molecule has 0 rings (SSSR count). The van der Waals surface area contributed by atoms with Crippen LogP contribution in [0, 0.1) is 0 Å². The highest BCUT2D eigenvalue weighted by Crippen LogP contribution is 1.69. The molecule has 0 spiro atoms. The summed E-state index contributed by atoms with van der Waals surface area (Å²) in [6.07, 6.45) is 14.1. The SMILES string of the molecule is C.C.C=[Si](C)O.C=[Si](C)O.C=[Si](C)O[Si](=C)C.O. The van der Waals surface area contributed by atoms with E-state index in [2.05, 4.69) is 24.7 Å². The fraction of sp³-hybridized carbons (Fsp3) is 0.600. The Morgan fingerprint density at radius 1 is 0.722 bits per heavy atom. The lowest BCUT2D eigenvalue weighted by Gasteiger charge is -1.98. The highest BCUT2D eigenvalue weighted by Gasteiger charge is 1.84. The van der Waals surface area contributed by atoms with Crippen LogP contribution in [0.5, 0.6) is 0 Å². The molecule has 112 valence electrons. The van der Waals surface area contributed by atoms with Crippen molar-refractivity contribution in [2.45, 2.75) is 41.0 Å². The van der Waals surface area contributed by atoms with Crippen LogP contribution >= 0.6 is 0 Å². The minimum absolute atomic E-state index is 0. The third-order valence-corrected chi connectivity index (χ3v) is 3.14. The van der Waals surface area contributed by atoms with Gasteiger partial charge in [0, 0.05) is 0 Å². The monoisotopic (exact) mass is 328 g/mol. The lowest BCUT2D eigenvalue weighted by molar-refractivity contribution is 0.604. The molecule has 18 heavy (non-hydrogen) atoms. The van der Waals surface area contributed by atoms with E-state index in [9.17, 15) is 0 Å². The van der Waals surface area contributed by atoms with E-state index in [4.69, 9.17) is 13.7 Å². The highest BCUT2D eigenvalue weighted by molar-refractivity contribution is 6.67. The van der Waals surface area contributed by atoms with Crippen molar-refractivity contribution in [2.24, 2.45) is 0 Å². The first kappa shape index (κ1) is 36.1. The minimum atomic E-state index is -1.13. The molecule has 0 aromatic heterocycles. The molecule has 4 N–H and O–H groups in total. The fourth-order valence-corrected chi connectivity index (χ4v) is 2.68. The van der Waals surface area contributed by atoms with E-state index in [-0.39, 0.29) is 20.3 Å². The van der Waals surface area contributed by atoms with Gasteiger partial charge in [0.25, 0.3) is 0 Å². The Hall–Kier alpha value is -0.292. The Morgan fingerprint density at radius 3 is 0.833 bits per heavy atom. The van der Waals surface area contributed by atoms with Crippen LogP contribution < -0.4 is 0 Å². The predicted octanol–water partition coefficient (Wildman–Crippen LogP) is -0.0521. The van der Waals surface area contributed by atoms with Gasteiger partial charge in [-0.3, -0.25) is 0 Å². The standard InChI is InChI=1S/C4H10OSi2.2C2H6OSi.2CH4.H2O/c1-6(2)5-7(3)4;2*1-4(2)3;;;/h1,3H2,2,4H3;2*3H,1H2,2H3;2*1H4;1H2. The molecule has 0 heterocycles. The molecule has 0 bridgehead atoms. The van der Waals surface area contributed by atoms with E-state index in [0.717, 1.165) is 0 Å². The summed E-state index contributed by atoms with van der Waals surface area (Å²) in [5.41, 5.74) is 0. The molecule has 0 aromatic carbocycles. The minimum Gasteiger partial charge on any atom is -0.580 e. The van der Waals surface area contributed by atoms with E-state index < -0.39 is 34.6 Å². The maximum absolute atomic E-state index is 8.05. The molecule has 8 heteroatoms. The van der Waals surface area contributed by atoms with Gasteiger partial charge in [-0.25, -0.2) is 0 Å². The van der Waals surface area contributed by atoms with E-state index in [1.165, 1.54) is 0 Å². The third kappa shape index (κ3) is 247. The van der Waals surface area contributed by atoms with Crippen LogP contribution in [0.4, 0.5) is 0 Å². The van der Waals surface area contributed by atoms with Crippen LogP contribution in [0.15, 0.2) is 0 Å². The first-order valence-electron chi connectivity index (χ1n) is 4.27. The summed E-state index contributed by atoms with van der Waals surface area (Å²) in [4.78, 5) is 16.1. The van der Waals surface area contributed by atoms with Gasteiger partial charge in [0.1, 0.15) is 0 Å². The van der Waals surface area contributed by atoms with Gasteiger partial charge in [-0.2, -0.15) is 0 Å². The fourth-order valence-electron chi connectivity index (χ4n) is 0.297. The van der Waals surface area contributed by atoms with Crippen LogP contribution in [0.3, 0.4) is 0 Å². The quantitative estimate of drug-likeness (QED) is 0.697. The van der Waals surface area contributed by atoms with Crippen molar-refractivity contribution in [1.29, 1.82) is 0 Å². The first-order chi connectivity index (χ1) is 6.59. The first-order valence-corrected chi connectivity index (χ1v) is 12.8. The molecule has 0 saturated heterocycles. The Morgan fingerprint density at radius 2 is 0.833 bits per heavy atom. The topological polar surface area (TPSA) is 81.2 Å². The molecule has 0 atom stereocenters.